The first-order valence-corrected chi connectivity index (χ1v) is 9.15. The Morgan fingerprint density at radius 1 is 1.25 bits per heavy atom. The lowest BCUT2D eigenvalue weighted by atomic mass is 9.92. The fraction of sp³-hybridized carbons (Fsp3) is 0.389. The molecule has 0 aliphatic heterocycles. The number of thiophene rings is 1. The highest BCUT2D eigenvalue weighted by atomic mass is 35.5. The van der Waals surface area contributed by atoms with Gasteiger partial charge in [0.25, 0.3) is 5.91 Å². The summed E-state index contributed by atoms with van der Waals surface area (Å²) in [5.74, 6) is 0.0202. The second kappa shape index (κ2) is 8.34. The third-order valence-electron chi connectivity index (χ3n) is 4.34. The Hall–Kier alpha value is -1.07. The zero-order valence-electron chi connectivity index (χ0n) is 13.5. The van der Waals surface area contributed by atoms with Crippen molar-refractivity contribution in [2.75, 3.05) is 0 Å². The van der Waals surface area contributed by atoms with E-state index >= 15 is 0 Å². The monoisotopic (exact) mass is 384 g/mol. The van der Waals surface area contributed by atoms with Crippen LogP contribution in [0.25, 0.3) is 10.4 Å². The van der Waals surface area contributed by atoms with Gasteiger partial charge in [0.05, 0.1) is 4.88 Å². The van der Waals surface area contributed by atoms with E-state index in [-0.39, 0.29) is 24.4 Å². The van der Waals surface area contributed by atoms with Gasteiger partial charge < -0.3 is 11.1 Å². The van der Waals surface area contributed by atoms with Crippen LogP contribution in [0.4, 0.5) is 0 Å². The number of hydrogen-bond donors (Lipinski definition) is 2. The van der Waals surface area contributed by atoms with Crippen LogP contribution in [-0.2, 0) is 0 Å². The smallest absolute Gasteiger partial charge is 0.261 e. The van der Waals surface area contributed by atoms with Crippen LogP contribution >= 0.6 is 35.3 Å². The molecule has 3 nitrogen and oxygen atoms in total. The minimum atomic E-state index is 0. The Morgan fingerprint density at radius 2 is 1.96 bits per heavy atom. The van der Waals surface area contributed by atoms with Crippen molar-refractivity contribution in [3.05, 3.63) is 45.8 Å². The van der Waals surface area contributed by atoms with Gasteiger partial charge in [0.1, 0.15) is 0 Å². The number of rotatable bonds is 3. The highest BCUT2D eigenvalue weighted by molar-refractivity contribution is 7.17. The number of amides is 1. The number of aryl methyl sites for hydroxylation is 1. The van der Waals surface area contributed by atoms with Crippen molar-refractivity contribution < 1.29 is 4.79 Å². The number of carbonyl (C=O) groups is 1. The van der Waals surface area contributed by atoms with Gasteiger partial charge in [-0.05, 0) is 61.9 Å². The van der Waals surface area contributed by atoms with Crippen LogP contribution in [-0.4, -0.2) is 18.0 Å². The van der Waals surface area contributed by atoms with Crippen LogP contribution in [0, 0.1) is 6.92 Å². The first-order valence-electron chi connectivity index (χ1n) is 7.96. The summed E-state index contributed by atoms with van der Waals surface area (Å²) in [6, 6.07) is 10.3. The van der Waals surface area contributed by atoms with Gasteiger partial charge in [0.2, 0.25) is 0 Å². The van der Waals surface area contributed by atoms with E-state index < -0.39 is 0 Å². The molecule has 1 fully saturated rings. The Labute approximate surface area is 158 Å². The molecule has 0 saturated heterocycles. The number of hydrogen-bond acceptors (Lipinski definition) is 3. The largest absolute Gasteiger partial charge is 0.349 e. The van der Waals surface area contributed by atoms with Gasteiger partial charge in [0.15, 0.2) is 0 Å². The van der Waals surface area contributed by atoms with Gasteiger partial charge in [0, 0.05) is 22.0 Å². The zero-order valence-corrected chi connectivity index (χ0v) is 15.9. The predicted octanol–water partition coefficient (Wildman–Crippen LogP) is 4.80. The molecule has 3 rings (SSSR count). The van der Waals surface area contributed by atoms with Crippen molar-refractivity contribution >= 4 is 41.3 Å². The van der Waals surface area contributed by atoms with Crippen LogP contribution in [0.3, 0.4) is 0 Å². The molecule has 3 N–H and O–H groups in total. The lowest BCUT2D eigenvalue weighted by Crippen LogP contribution is -2.40. The second-order valence-corrected chi connectivity index (χ2v) is 7.71. The van der Waals surface area contributed by atoms with Gasteiger partial charge >= 0.3 is 0 Å². The molecule has 6 heteroatoms. The molecule has 0 atom stereocenters. The maximum atomic E-state index is 12.5. The van der Waals surface area contributed by atoms with Gasteiger partial charge in [-0.1, -0.05) is 23.7 Å². The summed E-state index contributed by atoms with van der Waals surface area (Å²) in [5.41, 5.74) is 8.08. The summed E-state index contributed by atoms with van der Waals surface area (Å²) in [7, 11) is 0. The molecule has 1 saturated carbocycles. The van der Waals surface area contributed by atoms with Crippen LogP contribution in [0.5, 0.6) is 0 Å². The van der Waals surface area contributed by atoms with E-state index in [4.69, 9.17) is 17.3 Å². The average Bonchev–Trinajstić information content (AvgIpc) is 2.92. The fourth-order valence-electron chi connectivity index (χ4n) is 3.03. The number of nitrogens with two attached hydrogens (primary N) is 1. The standard InChI is InChI=1S/C18H21ClN2OS.ClH/c1-11-9-16(18(22)21-15-7-5-14(20)6-8-15)23-17(11)12-3-2-4-13(19)10-12;/h2-4,9-10,14-15H,5-8,20H2,1H3,(H,21,22);1H. The molecule has 1 aromatic carbocycles. The molecule has 1 aliphatic rings. The van der Waals surface area contributed by atoms with E-state index in [0.29, 0.717) is 11.1 Å². The molecule has 24 heavy (non-hydrogen) atoms. The minimum absolute atomic E-state index is 0. The Balaban J connectivity index is 0.00000208. The molecule has 1 heterocycles. The molecule has 0 bridgehead atoms. The van der Waals surface area contributed by atoms with Crippen molar-refractivity contribution in [3.63, 3.8) is 0 Å². The summed E-state index contributed by atoms with van der Waals surface area (Å²) < 4.78 is 0. The van der Waals surface area contributed by atoms with Crippen molar-refractivity contribution in [1.29, 1.82) is 0 Å². The summed E-state index contributed by atoms with van der Waals surface area (Å²) in [6.45, 7) is 2.03. The third kappa shape index (κ3) is 4.51. The zero-order chi connectivity index (χ0) is 16.4. The van der Waals surface area contributed by atoms with Crippen molar-refractivity contribution in [2.24, 2.45) is 5.73 Å². The number of halogens is 2. The van der Waals surface area contributed by atoms with Gasteiger partial charge in [-0.2, -0.15) is 0 Å². The van der Waals surface area contributed by atoms with E-state index in [2.05, 4.69) is 5.32 Å². The lowest BCUT2D eigenvalue weighted by Gasteiger charge is -2.26. The van der Waals surface area contributed by atoms with E-state index in [9.17, 15) is 4.79 Å². The summed E-state index contributed by atoms with van der Waals surface area (Å²) in [4.78, 5) is 14.4. The second-order valence-electron chi connectivity index (χ2n) is 6.22. The molecule has 0 spiro atoms. The van der Waals surface area contributed by atoms with Gasteiger partial charge in [-0.3, -0.25) is 4.79 Å². The number of carbonyl (C=O) groups excluding carboxylic acids is 1. The van der Waals surface area contributed by atoms with E-state index in [1.165, 1.54) is 11.3 Å². The van der Waals surface area contributed by atoms with Gasteiger partial charge in [-0.25, -0.2) is 0 Å². The Morgan fingerprint density at radius 3 is 2.62 bits per heavy atom. The molecule has 130 valence electrons. The van der Waals surface area contributed by atoms with Crippen molar-refractivity contribution in [1.82, 2.24) is 5.32 Å². The molecule has 0 unspecified atom stereocenters. The first-order chi connectivity index (χ1) is 11.0. The van der Waals surface area contributed by atoms with Crippen LogP contribution in [0.2, 0.25) is 5.02 Å². The van der Waals surface area contributed by atoms with Crippen LogP contribution < -0.4 is 11.1 Å². The number of benzene rings is 1. The summed E-state index contributed by atoms with van der Waals surface area (Å²) >= 11 is 7.60. The minimum Gasteiger partial charge on any atom is -0.349 e. The third-order valence-corrected chi connectivity index (χ3v) is 5.86. The quantitative estimate of drug-likeness (QED) is 0.798. The highest BCUT2D eigenvalue weighted by Gasteiger charge is 2.22. The maximum absolute atomic E-state index is 12.5. The highest BCUT2D eigenvalue weighted by Crippen LogP contribution is 2.33. The average molecular weight is 385 g/mol. The Kier molecular flexibility index (Phi) is 6.70. The molecule has 0 radical (unpaired) electrons. The SMILES string of the molecule is Cc1cc(C(=O)NC2CCC(N)CC2)sc1-c1cccc(Cl)c1.Cl. The molecule has 1 aliphatic carbocycles. The molecular weight excluding hydrogens is 363 g/mol. The van der Waals surface area contributed by atoms with Crippen molar-refractivity contribution in [3.8, 4) is 10.4 Å². The molecule has 2 aromatic rings. The van der Waals surface area contributed by atoms with Crippen LogP contribution in [0.1, 0.15) is 40.9 Å². The van der Waals surface area contributed by atoms with Gasteiger partial charge in [-0.15, -0.1) is 23.7 Å². The first kappa shape index (κ1) is 19.3. The molecular formula is C18H22Cl2N2OS. The van der Waals surface area contributed by atoms with Crippen LogP contribution in [0.15, 0.2) is 30.3 Å². The molecule has 1 aromatic heterocycles. The van der Waals surface area contributed by atoms with E-state index in [1.807, 2.05) is 37.3 Å². The topological polar surface area (TPSA) is 55.1 Å². The Bertz CT molecular complexity index is 709. The fourth-order valence-corrected chi connectivity index (χ4v) is 4.29. The lowest BCUT2D eigenvalue weighted by molar-refractivity contribution is 0.0930. The molecule has 1 amide bonds. The summed E-state index contributed by atoms with van der Waals surface area (Å²) in [5, 5.41) is 3.86. The normalized spacial score (nSPS) is 20.3. The summed E-state index contributed by atoms with van der Waals surface area (Å²) in [6.07, 6.45) is 3.92. The van der Waals surface area contributed by atoms with Crippen molar-refractivity contribution in [2.45, 2.75) is 44.7 Å². The van der Waals surface area contributed by atoms with E-state index in [1.54, 1.807) is 0 Å². The maximum Gasteiger partial charge on any atom is 0.261 e. The number of nitrogens with one attached hydrogen (secondary N) is 1. The van der Waals surface area contributed by atoms with E-state index in [0.717, 1.165) is 46.6 Å². The predicted molar refractivity (Wildman–Crippen MR) is 104 cm³/mol.